The maximum absolute atomic E-state index is 11.6. The van der Waals surface area contributed by atoms with Gasteiger partial charge in [-0.05, 0) is 30.2 Å². The summed E-state index contributed by atoms with van der Waals surface area (Å²) in [6.45, 7) is 2.22. The summed E-state index contributed by atoms with van der Waals surface area (Å²) in [7, 11) is 0. The number of carbonyl (C=O) groups is 2. The van der Waals surface area contributed by atoms with Crippen molar-refractivity contribution in [2.75, 3.05) is 11.4 Å². The van der Waals surface area contributed by atoms with E-state index in [0.717, 1.165) is 12.1 Å². The highest BCUT2D eigenvalue weighted by Crippen LogP contribution is 2.17. The van der Waals surface area contributed by atoms with Gasteiger partial charge in [-0.3, -0.25) is 9.59 Å². The molecule has 0 fully saturated rings. The van der Waals surface area contributed by atoms with Gasteiger partial charge in [0.1, 0.15) is 0 Å². The summed E-state index contributed by atoms with van der Waals surface area (Å²) in [6.07, 6.45) is 3.62. The number of ketones is 1. The molecule has 1 amide bonds. The zero-order chi connectivity index (χ0) is 11.5. The number of benzene rings is 1. The summed E-state index contributed by atoms with van der Waals surface area (Å²) in [6, 6.07) is 7.71. The van der Waals surface area contributed by atoms with Crippen LogP contribution >= 0.6 is 0 Å². The standard InChI is InChI=1S/C13H13NO2/c1-2-10-3-5-11(6-4-10)14-9-12(15)7-8-13(14)16/h3-8H,2,9H2,1H3. The highest BCUT2D eigenvalue weighted by molar-refractivity contribution is 6.13. The third kappa shape index (κ3) is 2.03. The molecule has 0 saturated carbocycles. The van der Waals surface area contributed by atoms with Crippen molar-refractivity contribution in [2.24, 2.45) is 0 Å². The van der Waals surface area contributed by atoms with Gasteiger partial charge in [-0.2, -0.15) is 0 Å². The molecule has 0 atom stereocenters. The van der Waals surface area contributed by atoms with E-state index in [1.807, 2.05) is 24.3 Å². The minimum Gasteiger partial charge on any atom is -0.301 e. The van der Waals surface area contributed by atoms with Crippen molar-refractivity contribution < 1.29 is 9.59 Å². The van der Waals surface area contributed by atoms with E-state index < -0.39 is 0 Å². The fraction of sp³-hybridized carbons (Fsp3) is 0.231. The summed E-state index contributed by atoms with van der Waals surface area (Å²) in [4.78, 5) is 24.3. The Morgan fingerprint density at radius 2 is 1.81 bits per heavy atom. The summed E-state index contributed by atoms with van der Waals surface area (Å²) in [5.41, 5.74) is 2.00. The van der Waals surface area contributed by atoms with Crippen LogP contribution in [0.4, 0.5) is 5.69 Å². The molecule has 16 heavy (non-hydrogen) atoms. The Hall–Kier alpha value is -1.90. The van der Waals surface area contributed by atoms with Crippen LogP contribution in [0.25, 0.3) is 0 Å². The van der Waals surface area contributed by atoms with E-state index in [1.165, 1.54) is 22.6 Å². The molecule has 1 aliphatic heterocycles. The van der Waals surface area contributed by atoms with Gasteiger partial charge in [0.2, 0.25) is 0 Å². The largest absolute Gasteiger partial charge is 0.301 e. The number of nitrogens with zero attached hydrogens (tertiary/aromatic N) is 1. The Morgan fingerprint density at radius 3 is 2.44 bits per heavy atom. The normalized spacial score (nSPS) is 15.7. The highest BCUT2D eigenvalue weighted by Gasteiger charge is 2.19. The maximum atomic E-state index is 11.6. The zero-order valence-electron chi connectivity index (χ0n) is 9.14. The summed E-state index contributed by atoms with van der Waals surface area (Å²) < 4.78 is 0. The third-order valence-corrected chi connectivity index (χ3v) is 2.65. The Bertz CT molecular complexity index is 446. The van der Waals surface area contributed by atoms with Gasteiger partial charge >= 0.3 is 0 Å². The number of aryl methyl sites for hydroxylation is 1. The molecule has 0 aliphatic carbocycles. The van der Waals surface area contributed by atoms with Gasteiger partial charge in [-0.1, -0.05) is 19.1 Å². The molecule has 0 unspecified atom stereocenters. The van der Waals surface area contributed by atoms with Crippen molar-refractivity contribution in [1.82, 2.24) is 0 Å². The van der Waals surface area contributed by atoms with Crippen LogP contribution in [-0.4, -0.2) is 18.2 Å². The first-order chi connectivity index (χ1) is 7.70. The molecule has 2 rings (SSSR count). The first-order valence-corrected chi connectivity index (χ1v) is 5.32. The summed E-state index contributed by atoms with van der Waals surface area (Å²) >= 11 is 0. The van der Waals surface area contributed by atoms with Crippen LogP contribution in [0.3, 0.4) is 0 Å². The molecule has 0 N–H and O–H groups in total. The lowest BCUT2D eigenvalue weighted by molar-refractivity contribution is -0.119. The zero-order valence-corrected chi connectivity index (χ0v) is 9.14. The topological polar surface area (TPSA) is 37.4 Å². The highest BCUT2D eigenvalue weighted by atomic mass is 16.2. The smallest absolute Gasteiger partial charge is 0.251 e. The van der Waals surface area contributed by atoms with Crippen molar-refractivity contribution >= 4 is 17.4 Å². The van der Waals surface area contributed by atoms with Crippen LogP contribution in [-0.2, 0) is 16.0 Å². The molecule has 3 heteroatoms. The number of amides is 1. The van der Waals surface area contributed by atoms with E-state index in [9.17, 15) is 9.59 Å². The molecule has 0 saturated heterocycles. The summed E-state index contributed by atoms with van der Waals surface area (Å²) in [5, 5.41) is 0. The van der Waals surface area contributed by atoms with E-state index in [4.69, 9.17) is 0 Å². The number of rotatable bonds is 2. The van der Waals surface area contributed by atoms with Gasteiger partial charge < -0.3 is 4.90 Å². The molecule has 1 aromatic rings. The first kappa shape index (κ1) is 10.6. The molecule has 0 aromatic heterocycles. The third-order valence-electron chi connectivity index (χ3n) is 2.65. The number of carbonyl (C=O) groups excluding carboxylic acids is 2. The van der Waals surface area contributed by atoms with Crippen LogP contribution in [0.1, 0.15) is 12.5 Å². The minimum atomic E-state index is -0.135. The molecular formula is C13H13NO2. The van der Waals surface area contributed by atoms with Gasteiger partial charge in [0.05, 0.1) is 6.54 Å². The molecule has 3 nitrogen and oxygen atoms in total. The van der Waals surface area contributed by atoms with Crippen molar-refractivity contribution in [1.29, 1.82) is 0 Å². The lowest BCUT2D eigenvalue weighted by Gasteiger charge is -2.22. The predicted octanol–water partition coefficient (Wildman–Crippen LogP) is 1.72. The molecule has 1 heterocycles. The monoisotopic (exact) mass is 215 g/mol. The average Bonchev–Trinajstić information content (AvgIpc) is 2.32. The van der Waals surface area contributed by atoms with Gasteiger partial charge in [0.15, 0.2) is 5.78 Å². The molecule has 0 radical (unpaired) electrons. The molecule has 1 aromatic carbocycles. The number of hydrogen-bond acceptors (Lipinski definition) is 2. The van der Waals surface area contributed by atoms with Gasteiger partial charge in [-0.15, -0.1) is 0 Å². The first-order valence-electron chi connectivity index (χ1n) is 5.32. The summed E-state index contributed by atoms with van der Waals surface area (Å²) in [5.74, 6) is -0.178. The lowest BCUT2D eigenvalue weighted by atomic mass is 10.1. The van der Waals surface area contributed by atoms with E-state index >= 15 is 0 Å². The van der Waals surface area contributed by atoms with Crippen molar-refractivity contribution in [3.05, 3.63) is 42.0 Å². The van der Waals surface area contributed by atoms with Crippen molar-refractivity contribution in [3.63, 3.8) is 0 Å². The van der Waals surface area contributed by atoms with E-state index in [1.54, 1.807) is 0 Å². The fourth-order valence-electron chi connectivity index (χ4n) is 1.67. The van der Waals surface area contributed by atoms with Crippen LogP contribution in [0.2, 0.25) is 0 Å². The van der Waals surface area contributed by atoms with Crippen LogP contribution in [0.5, 0.6) is 0 Å². The fourth-order valence-corrected chi connectivity index (χ4v) is 1.67. The number of anilines is 1. The average molecular weight is 215 g/mol. The Morgan fingerprint density at radius 1 is 1.12 bits per heavy atom. The number of hydrogen-bond donors (Lipinski definition) is 0. The van der Waals surface area contributed by atoms with E-state index in [2.05, 4.69) is 6.92 Å². The Labute approximate surface area is 94.4 Å². The van der Waals surface area contributed by atoms with Crippen LogP contribution in [0.15, 0.2) is 36.4 Å². The predicted molar refractivity (Wildman–Crippen MR) is 62.3 cm³/mol. The molecular weight excluding hydrogens is 202 g/mol. The quantitative estimate of drug-likeness (QED) is 0.753. The van der Waals surface area contributed by atoms with Crippen molar-refractivity contribution in [2.45, 2.75) is 13.3 Å². The molecule has 0 bridgehead atoms. The van der Waals surface area contributed by atoms with Gasteiger partial charge in [0.25, 0.3) is 5.91 Å². The second-order valence-corrected chi connectivity index (χ2v) is 3.74. The van der Waals surface area contributed by atoms with Crippen molar-refractivity contribution in [3.8, 4) is 0 Å². The second-order valence-electron chi connectivity index (χ2n) is 3.74. The molecule has 82 valence electrons. The lowest BCUT2D eigenvalue weighted by Crippen LogP contribution is -2.37. The molecule has 1 aliphatic rings. The van der Waals surface area contributed by atoms with Gasteiger partial charge in [-0.25, -0.2) is 0 Å². The van der Waals surface area contributed by atoms with Gasteiger partial charge in [0, 0.05) is 11.8 Å². The second kappa shape index (κ2) is 4.31. The van der Waals surface area contributed by atoms with Crippen LogP contribution < -0.4 is 4.90 Å². The minimum absolute atomic E-state index is 0.0424. The van der Waals surface area contributed by atoms with E-state index in [0.29, 0.717) is 0 Å². The Balaban J connectivity index is 2.26. The Kier molecular flexibility index (Phi) is 2.86. The van der Waals surface area contributed by atoms with E-state index in [-0.39, 0.29) is 18.2 Å². The molecule has 0 spiro atoms. The SMILES string of the molecule is CCc1ccc(N2CC(=O)C=CC2=O)cc1. The van der Waals surface area contributed by atoms with Crippen LogP contribution in [0, 0.1) is 0 Å². The maximum Gasteiger partial charge on any atom is 0.251 e.